The summed E-state index contributed by atoms with van der Waals surface area (Å²) < 4.78 is 45.7. The molecule has 0 fully saturated rings. The number of carbonyl (C=O) groups is 1. The van der Waals surface area contributed by atoms with Gasteiger partial charge in [-0.15, -0.1) is 0 Å². The summed E-state index contributed by atoms with van der Waals surface area (Å²) in [6, 6.07) is 10.1. The van der Waals surface area contributed by atoms with Gasteiger partial charge in [-0.05, 0) is 55.2 Å². The van der Waals surface area contributed by atoms with Crippen LogP contribution in [0.25, 0.3) is 0 Å². The molecule has 0 heterocycles. The van der Waals surface area contributed by atoms with Gasteiger partial charge in [-0.1, -0.05) is 19.1 Å². The average molecular weight is 394 g/mol. The minimum absolute atomic E-state index is 0.0256. The van der Waals surface area contributed by atoms with Gasteiger partial charge < -0.3 is 10.5 Å². The van der Waals surface area contributed by atoms with E-state index in [1.54, 1.807) is 12.1 Å². The van der Waals surface area contributed by atoms with Crippen LogP contribution in [0.3, 0.4) is 0 Å². The molecule has 0 bridgehead atoms. The van der Waals surface area contributed by atoms with Crippen molar-refractivity contribution in [2.24, 2.45) is 5.73 Å². The molecule has 0 spiro atoms. The second-order valence-corrected chi connectivity index (χ2v) is 7.77. The van der Waals surface area contributed by atoms with Crippen molar-refractivity contribution in [3.63, 3.8) is 0 Å². The number of benzene rings is 2. The molecule has 0 saturated carbocycles. The summed E-state index contributed by atoms with van der Waals surface area (Å²) in [6.07, 6.45) is 1.90. The Hall–Kier alpha value is -2.45. The lowest BCUT2D eigenvalue weighted by atomic mass is 10.1. The largest absolute Gasteiger partial charge is 0.493 e. The van der Waals surface area contributed by atoms with Gasteiger partial charge in [0.25, 0.3) is 5.91 Å². The maximum Gasteiger partial charge on any atom is 0.252 e. The number of hydrogen-bond donors (Lipinski definition) is 2. The van der Waals surface area contributed by atoms with Crippen molar-refractivity contribution in [1.29, 1.82) is 0 Å². The van der Waals surface area contributed by atoms with Crippen molar-refractivity contribution >= 4 is 15.9 Å². The van der Waals surface area contributed by atoms with Crippen LogP contribution in [-0.4, -0.2) is 27.5 Å². The summed E-state index contributed by atoms with van der Waals surface area (Å²) in [5, 5.41) is 0. The fourth-order valence-electron chi connectivity index (χ4n) is 2.44. The van der Waals surface area contributed by atoms with Gasteiger partial charge in [0, 0.05) is 6.54 Å². The van der Waals surface area contributed by atoms with Gasteiger partial charge in [0.2, 0.25) is 10.0 Å². The molecule has 2 aromatic rings. The Morgan fingerprint density at radius 2 is 1.89 bits per heavy atom. The van der Waals surface area contributed by atoms with Crippen LogP contribution in [0.4, 0.5) is 4.39 Å². The van der Waals surface area contributed by atoms with Crippen molar-refractivity contribution in [1.82, 2.24) is 4.72 Å². The zero-order valence-corrected chi connectivity index (χ0v) is 15.9. The summed E-state index contributed by atoms with van der Waals surface area (Å²) >= 11 is 0. The highest BCUT2D eigenvalue weighted by Gasteiger charge is 2.18. The first-order valence-electron chi connectivity index (χ1n) is 8.64. The van der Waals surface area contributed by atoms with Gasteiger partial charge in [-0.25, -0.2) is 17.5 Å². The average Bonchev–Trinajstić information content (AvgIpc) is 2.64. The number of primary amides is 1. The Bertz CT molecular complexity index is 883. The molecular formula is C19H23FN2O4S. The quantitative estimate of drug-likeness (QED) is 0.605. The van der Waals surface area contributed by atoms with Crippen LogP contribution in [0, 0.1) is 5.82 Å². The number of aryl methyl sites for hydroxylation is 1. The highest BCUT2D eigenvalue weighted by Crippen LogP contribution is 2.22. The predicted molar refractivity (Wildman–Crippen MR) is 101 cm³/mol. The van der Waals surface area contributed by atoms with Crippen molar-refractivity contribution in [2.45, 2.75) is 31.1 Å². The van der Waals surface area contributed by atoms with Crippen LogP contribution in [0.15, 0.2) is 47.4 Å². The van der Waals surface area contributed by atoms with Gasteiger partial charge in [-0.3, -0.25) is 4.79 Å². The van der Waals surface area contributed by atoms with E-state index in [0.29, 0.717) is 19.4 Å². The smallest absolute Gasteiger partial charge is 0.252 e. The monoisotopic (exact) mass is 394 g/mol. The maximum absolute atomic E-state index is 12.9. The molecule has 0 unspecified atom stereocenters. The molecule has 2 rings (SSSR count). The van der Waals surface area contributed by atoms with Gasteiger partial charge >= 0.3 is 0 Å². The van der Waals surface area contributed by atoms with Gasteiger partial charge in [-0.2, -0.15) is 0 Å². The standard InChI is InChI=1S/C19H23FN2O4S/c1-2-12-26-18-10-9-16(13-17(18)19(21)23)27(24,25)22-11-3-4-14-5-7-15(20)8-6-14/h5-10,13,22H,2-4,11-12H2,1H3,(H2,21,23). The number of carbonyl (C=O) groups excluding carboxylic acids is 1. The SMILES string of the molecule is CCCOc1ccc(S(=O)(=O)NCCCc2ccc(F)cc2)cc1C(N)=O. The Kier molecular flexibility index (Phi) is 7.32. The van der Waals surface area contributed by atoms with Gasteiger partial charge in [0.05, 0.1) is 17.1 Å². The lowest BCUT2D eigenvalue weighted by molar-refractivity contribution is 0.0996. The van der Waals surface area contributed by atoms with E-state index in [1.165, 1.54) is 30.3 Å². The molecule has 0 aliphatic carbocycles. The van der Waals surface area contributed by atoms with E-state index in [1.807, 2.05) is 6.92 Å². The third-order valence-electron chi connectivity index (χ3n) is 3.84. The van der Waals surface area contributed by atoms with E-state index < -0.39 is 15.9 Å². The van der Waals surface area contributed by atoms with Gasteiger partial charge in [0.15, 0.2) is 0 Å². The first kappa shape index (κ1) is 20.9. The molecule has 1 amide bonds. The molecular weight excluding hydrogens is 371 g/mol. The first-order chi connectivity index (χ1) is 12.8. The third kappa shape index (κ3) is 6.04. The van der Waals surface area contributed by atoms with Crippen molar-refractivity contribution in [2.75, 3.05) is 13.2 Å². The number of ether oxygens (including phenoxy) is 1. The summed E-state index contributed by atoms with van der Waals surface area (Å²) in [5.41, 5.74) is 6.28. The highest BCUT2D eigenvalue weighted by molar-refractivity contribution is 7.89. The Morgan fingerprint density at radius 3 is 2.52 bits per heavy atom. The Balaban J connectivity index is 2.01. The van der Waals surface area contributed by atoms with Crippen molar-refractivity contribution < 1.29 is 22.3 Å². The molecule has 2 aromatic carbocycles. The van der Waals surface area contributed by atoms with E-state index >= 15 is 0 Å². The molecule has 0 saturated heterocycles. The normalized spacial score (nSPS) is 11.3. The Labute approximate surface area is 158 Å². The predicted octanol–water partition coefficient (Wildman–Crippen LogP) is 2.62. The highest BCUT2D eigenvalue weighted by atomic mass is 32.2. The fourth-order valence-corrected chi connectivity index (χ4v) is 3.54. The topological polar surface area (TPSA) is 98.5 Å². The second kappa shape index (κ2) is 9.48. The summed E-state index contributed by atoms with van der Waals surface area (Å²) in [4.78, 5) is 11.6. The molecule has 146 valence electrons. The van der Waals surface area contributed by atoms with Crippen LogP contribution in [0.1, 0.15) is 35.7 Å². The third-order valence-corrected chi connectivity index (χ3v) is 5.29. The lowest BCUT2D eigenvalue weighted by Gasteiger charge is -2.12. The van der Waals surface area contributed by atoms with Crippen LogP contribution in [0.2, 0.25) is 0 Å². The molecule has 0 aliphatic rings. The zero-order chi connectivity index (χ0) is 19.9. The van der Waals surface area contributed by atoms with Gasteiger partial charge in [0.1, 0.15) is 11.6 Å². The van der Waals surface area contributed by atoms with E-state index in [4.69, 9.17) is 10.5 Å². The second-order valence-electron chi connectivity index (χ2n) is 6.00. The maximum atomic E-state index is 12.9. The van der Waals surface area contributed by atoms with E-state index in [-0.39, 0.29) is 28.6 Å². The molecule has 0 atom stereocenters. The minimum atomic E-state index is -3.79. The molecule has 3 N–H and O–H groups in total. The number of halogens is 1. The fraction of sp³-hybridized carbons (Fsp3) is 0.316. The van der Waals surface area contributed by atoms with Crippen molar-refractivity contribution in [3.05, 3.63) is 59.4 Å². The molecule has 0 radical (unpaired) electrons. The molecule has 8 heteroatoms. The first-order valence-corrected chi connectivity index (χ1v) is 10.1. The van der Waals surface area contributed by atoms with Crippen LogP contribution in [-0.2, 0) is 16.4 Å². The number of nitrogens with one attached hydrogen (secondary N) is 1. The van der Waals surface area contributed by atoms with Crippen LogP contribution >= 0.6 is 0 Å². The minimum Gasteiger partial charge on any atom is -0.493 e. The van der Waals surface area contributed by atoms with Crippen molar-refractivity contribution in [3.8, 4) is 5.75 Å². The number of hydrogen-bond acceptors (Lipinski definition) is 4. The zero-order valence-electron chi connectivity index (χ0n) is 15.1. The molecule has 0 aliphatic heterocycles. The number of amides is 1. The lowest BCUT2D eigenvalue weighted by Crippen LogP contribution is -2.25. The van der Waals surface area contributed by atoms with E-state index in [2.05, 4.69) is 4.72 Å². The molecule has 0 aromatic heterocycles. The summed E-state index contributed by atoms with van der Waals surface area (Å²) in [5.74, 6) is -0.801. The summed E-state index contributed by atoms with van der Waals surface area (Å²) in [6.45, 7) is 2.52. The van der Waals surface area contributed by atoms with E-state index in [0.717, 1.165) is 12.0 Å². The van der Waals surface area contributed by atoms with E-state index in [9.17, 15) is 17.6 Å². The number of sulfonamides is 1. The summed E-state index contributed by atoms with van der Waals surface area (Å²) in [7, 11) is -3.79. The Morgan fingerprint density at radius 1 is 1.19 bits per heavy atom. The number of rotatable bonds is 10. The number of nitrogens with two attached hydrogens (primary N) is 1. The molecule has 27 heavy (non-hydrogen) atoms. The van der Waals surface area contributed by atoms with Crippen LogP contribution < -0.4 is 15.2 Å². The molecule has 6 nitrogen and oxygen atoms in total. The van der Waals surface area contributed by atoms with Crippen LogP contribution in [0.5, 0.6) is 5.75 Å².